The fourth-order valence-electron chi connectivity index (χ4n) is 1.44. The van der Waals surface area contributed by atoms with Gasteiger partial charge in [0.15, 0.2) is 11.0 Å². The molecule has 1 aromatic rings. The normalized spacial score (nSPS) is 11.8. The maximum Gasteiger partial charge on any atom is 0.152 e. The third-order valence-electron chi connectivity index (χ3n) is 2.83. The Labute approximate surface area is 112 Å². The van der Waals surface area contributed by atoms with Crippen molar-refractivity contribution in [2.75, 3.05) is 19.6 Å². The Morgan fingerprint density at radius 2 is 1.50 bits per heavy atom. The number of hydrogen-bond acceptors (Lipinski definition) is 2. The molecule has 0 bridgehead atoms. The smallest absolute Gasteiger partial charge is 0.152 e. The van der Waals surface area contributed by atoms with Crippen molar-refractivity contribution < 1.29 is 3.89 Å². The molecule has 0 aromatic heterocycles. The van der Waals surface area contributed by atoms with E-state index >= 15 is 0 Å². The molecule has 0 amide bonds. The van der Waals surface area contributed by atoms with Crippen LogP contribution in [0.1, 0.15) is 20.8 Å². The minimum absolute atomic E-state index is 0.802. The molecular weight excluding hydrogens is 258 g/mol. The van der Waals surface area contributed by atoms with Crippen molar-refractivity contribution >= 4 is 33.4 Å². The number of quaternary nitrogens is 1. The second-order valence-corrected chi connectivity index (χ2v) is 6.56. The molecule has 1 aromatic carbocycles. The summed E-state index contributed by atoms with van der Waals surface area (Å²) >= 11 is 5.86. The van der Waals surface area contributed by atoms with Crippen LogP contribution in [-0.2, 0) is 0 Å². The molecule has 0 aliphatic heterocycles. The summed E-state index contributed by atoms with van der Waals surface area (Å²) in [5, 5.41) is 0.802. The first-order chi connectivity index (χ1) is 7.65. The zero-order chi connectivity index (χ0) is 12.0. The van der Waals surface area contributed by atoms with E-state index in [1.807, 2.05) is 33.9 Å². The molecule has 0 aliphatic rings. The lowest BCUT2D eigenvalue weighted by atomic mass is 10.4. The van der Waals surface area contributed by atoms with Crippen LogP contribution in [0, 0.1) is 0 Å². The molecule has 90 valence electrons. The molecule has 0 unspecified atom stereocenters. The Morgan fingerprint density at radius 3 is 1.94 bits per heavy atom. The van der Waals surface area contributed by atoms with E-state index in [2.05, 4.69) is 32.9 Å². The first kappa shape index (κ1) is 14.2. The van der Waals surface area contributed by atoms with E-state index in [1.165, 1.54) is 4.90 Å². The van der Waals surface area contributed by atoms with Crippen molar-refractivity contribution in [1.29, 1.82) is 0 Å². The number of rotatable bonds is 6. The number of hydrogen-bond donors (Lipinski definition) is 0. The summed E-state index contributed by atoms with van der Waals surface area (Å²) < 4.78 is 1.09. The summed E-state index contributed by atoms with van der Waals surface area (Å²) in [6.07, 6.45) is 0. The number of benzene rings is 1. The molecule has 1 nitrogen and oxygen atoms in total. The third-order valence-corrected chi connectivity index (χ3v) is 6.47. The second-order valence-electron chi connectivity index (χ2n) is 3.62. The Bertz CT molecular complexity index is 301. The van der Waals surface area contributed by atoms with Crippen LogP contribution in [0.5, 0.6) is 0 Å². The Balaban J connectivity index is 2.58. The quantitative estimate of drug-likeness (QED) is 0.413. The zero-order valence-corrected chi connectivity index (χ0v) is 12.5. The topological polar surface area (TPSA) is 0 Å². The first-order valence-corrected chi connectivity index (χ1v) is 8.12. The molecular formula is C12H19ClNS2+. The van der Waals surface area contributed by atoms with Crippen molar-refractivity contribution in [2.24, 2.45) is 0 Å². The molecule has 0 spiro atoms. The van der Waals surface area contributed by atoms with Gasteiger partial charge in [0.1, 0.15) is 0 Å². The summed E-state index contributed by atoms with van der Waals surface area (Å²) in [7, 11) is 3.78. The summed E-state index contributed by atoms with van der Waals surface area (Å²) in [6, 6.07) is 8.05. The van der Waals surface area contributed by atoms with E-state index in [0.29, 0.717) is 0 Å². The van der Waals surface area contributed by atoms with Gasteiger partial charge in [0.2, 0.25) is 0 Å². The van der Waals surface area contributed by atoms with Gasteiger partial charge in [-0.05, 0) is 45.0 Å². The highest BCUT2D eigenvalue weighted by Crippen LogP contribution is 2.39. The second kappa shape index (κ2) is 6.80. The van der Waals surface area contributed by atoms with Gasteiger partial charge < -0.3 is 0 Å². The van der Waals surface area contributed by atoms with E-state index in [4.69, 9.17) is 11.6 Å². The van der Waals surface area contributed by atoms with Gasteiger partial charge in [-0.15, -0.1) is 0 Å². The van der Waals surface area contributed by atoms with Crippen LogP contribution in [0.15, 0.2) is 29.2 Å². The Morgan fingerprint density at radius 1 is 1.00 bits per heavy atom. The van der Waals surface area contributed by atoms with Crippen LogP contribution >= 0.6 is 33.4 Å². The van der Waals surface area contributed by atoms with Crippen LogP contribution in [0.3, 0.4) is 0 Å². The van der Waals surface area contributed by atoms with Crippen LogP contribution in [0.4, 0.5) is 0 Å². The molecule has 0 radical (unpaired) electrons. The molecule has 16 heavy (non-hydrogen) atoms. The van der Waals surface area contributed by atoms with Gasteiger partial charge in [0, 0.05) is 20.7 Å². The van der Waals surface area contributed by atoms with E-state index in [9.17, 15) is 0 Å². The largest absolute Gasteiger partial charge is 0.252 e. The molecule has 0 aliphatic carbocycles. The highest BCUT2D eigenvalue weighted by atomic mass is 35.5. The number of nitrogens with zero attached hydrogens (tertiary/aromatic N) is 1. The van der Waals surface area contributed by atoms with Gasteiger partial charge in [-0.1, -0.05) is 11.6 Å². The maximum atomic E-state index is 5.86. The summed E-state index contributed by atoms with van der Waals surface area (Å²) in [4.78, 5) is 1.27. The minimum Gasteiger partial charge on any atom is -0.252 e. The van der Waals surface area contributed by atoms with Crippen LogP contribution < -0.4 is 0 Å². The Kier molecular flexibility index (Phi) is 6.05. The Hall–Kier alpha value is 0.170. The van der Waals surface area contributed by atoms with Crippen molar-refractivity contribution in [1.82, 2.24) is 0 Å². The van der Waals surface area contributed by atoms with Crippen LogP contribution in [0.2, 0.25) is 5.02 Å². The molecule has 0 N–H and O–H groups in total. The van der Waals surface area contributed by atoms with Crippen molar-refractivity contribution in [3.63, 3.8) is 0 Å². The fourth-order valence-corrected chi connectivity index (χ4v) is 4.39. The van der Waals surface area contributed by atoms with Gasteiger partial charge in [0.25, 0.3) is 0 Å². The van der Waals surface area contributed by atoms with Crippen LogP contribution in [0.25, 0.3) is 0 Å². The lowest BCUT2D eigenvalue weighted by Gasteiger charge is -2.31. The van der Waals surface area contributed by atoms with Gasteiger partial charge in [-0.2, -0.15) is 0 Å². The molecule has 4 heteroatoms. The third kappa shape index (κ3) is 3.88. The number of halogens is 1. The predicted octanol–water partition coefficient (Wildman–Crippen LogP) is 4.87. The first-order valence-electron chi connectivity index (χ1n) is 5.63. The maximum absolute atomic E-state index is 5.86. The average molecular weight is 277 g/mol. The van der Waals surface area contributed by atoms with Gasteiger partial charge >= 0.3 is 0 Å². The standard InChI is InChI=1S/C12H19ClNS2/c1-4-14(5-2,6-3)16-15-12-9-7-11(13)8-10-12/h7-10H,4-6H2,1-3H3/q+1. The van der Waals surface area contributed by atoms with Crippen molar-refractivity contribution in [3.8, 4) is 0 Å². The molecule has 0 heterocycles. The van der Waals surface area contributed by atoms with E-state index < -0.39 is 0 Å². The molecule has 0 saturated heterocycles. The van der Waals surface area contributed by atoms with E-state index in [-0.39, 0.29) is 0 Å². The average Bonchev–Trinajstić information content (AvgIpc) is 2.34. The van der Waals surface area contributed by atoms with Crippen molar-refractivity contribution in [2.45, 2.75) is 25.7 Å². The highest BCUT2D eigenvalue weighted by Gasteiger charge is 2.23. The predicted molar refractivity (Wildman–Crippen MR) is 76.8 cm³/mol. The lowest BCUT2D eigenvalue weighted by molar-refractivity contribution is -0.787. The molecule has 0 atom stereocenters. The van der Waals surface area contributed by atoms with E-state index in [0.717, 1.165) is 28.5 Å². The summed E-state index contributed by atoms with van der Waals surface area (Å²) in [6.45, 7) is 10.3. The zero-order valence-electron chi connectivity index (χ0n) is 10.1. The molecule has 0 saturated carbocycles. The van der Waals surface area contributed by atoms with Gasteiger partial charge in [-0.3, -0.25) is 3.89 Å². The fraction of sp³-hybridized carbons (Fsp3) is 0.500. The van der Waals surface area contributed by atoms with Gasteiger partial charge in [-0.25, -0.2) is 0 Å². The minimum atomic E-state index is 0.802. The lowest BCUT2D eigenvalue weighted by Crippen LogP contribution is -2.39. The van der Waals surface area contributed by atoms with Crippen LogP contribution in [-0.4, -0.2) is 23.5 Å². The summed E-state index contributed by atoms with van der Waals surface area (Å²) in [5.74, 6) is 0. The van der Waals surface area contributed by atoms with E-state index in [1.54, 1.807) is 0 Å². The van der Waals surface area contributed by atoms with Gasteiger partial charge in [0.05, 0.1) is 19.6 Å². The summed E-state index contributed by atoms with van der Waals surface area (Å²) in [5.41, 5.74) is 0. The monoisotopic (exact) mass is 276 g/mol. The van der Waals surface area contributed by atoms with Crippen molar-refractivity contribution in [3.05, 3.63) is 29.3 Å². The SMILES string of the molecule is CC[N+](CC)(CC)SSc1ccc(Cl)cc1. The molecule has 1 rings (SSSR count). The highest BCUT2D eigenvalue weighted by molar-refractivity contribution is 8.74. The molecule has 0 fully saturated rings.